The molecule has 0 saturated carbocycles. The van der Waals surface area contributed by atoms with Crippen molar-refractivity contribution in [2.24, 2.45) is 0 Å². The third-order valence-corrected chi connectivity index (χ3v) is 4.70. The highest BCUT2D eigenvalue weighted by atomic mass is 14.8. The predicted octanol–water partition coefficient (Wildman–Crippen LogP) is 4.66. The first-order valence-electron chi connectivity index (χ1n) is 7.73. The van der Waals surface area contributed by atoms with Gasteiger partial charge in [-0.3, -0.25) is 0 Å². The molecule has 2 aromatic rings. The van der Waals surface area contributed by atoms with E-state index in [9.17, 15) is 0 Å². The molecule has 0 fully saturated rings. The van der Waals surface area contributed by atoms with Gasteiger partial charge in [-0.1, -0.05) is 40.7 Å². The molecule has 0 aliphatic heterocycles. The van der Waals surface area contributed by atoms with Gasteiger partial charge in [0.15, 0.2) is 0 Å². The first kappa shape index (κ1) is 14.2. The second-order valence-corrected chi connectivity index (χ2v) is 7.78. The average molecular weight is 280 g/mol. The van der Waals surface area contributed by atoms with Crippen LogP contribution < -0.4 is 0 Å². The number of fused-ring (bicyclic) bond motifs is 1. The highest BCUT2D eigenvalue weighted by Crippen LogP contribution is 2.44. The van der Waals surface area contributed by atoms with Crippen LogP contribution in [0.4, 0.5) is 0 Å². The Kier molecular flexibility index (Phi) is 3.16. The molecule has 0 amide bonds. The van der Waals surface area contributed by atoms with E-state index in [1.807, 2.05) is 12.3 Å². The van der Waals surface area contributed by atoms with Crippen LogP contribution in [0.3, 0.4) is 0 Å². The van der Waals surface area contributed by atoms with Crippen LogP contribution in [0.15, 0.2) is 30.7 Å². The Labute approximate surface area is 127 Å². The minimum absolute atomic E-state index is 0.148. The molecule has 1 aliphatic rings. The van der Waals surface area contributed by atoms with Crippen molar-refractivity contribution in [2.75, 3.05) is 0 Å². The molecule has 0 spiro atoms. The van der Waals surface area contributed by atoms with Crippen LogP contribution in [-0.2, 0) is 17.3 Å². The lowest BCUT2D eigenvalue weighted by atomic mass is 9.79. The van der Waals surface area contributed by atoms with Crippen LogP contribution in [0.2, 0.25) is 0 Å². The first-order chi connectivity index (χ1) is 9.79. The standard InChI is InChI=1S/C19H24N2/c1-18(2,3)13-10-15(17-7-9-20-12-21-17)14-6-8-19(4,5)16(14)11-13/h7,9-12H,6,8H2,1-5H3. The zero-order valence-corrected chi connectivity index (χ0v) is 13.7. The van der Waals surface area contributed by atoms with Crippen LogP contribution in [0, 0.1) is 0 Å². The number of nitrogens with zero attached hydrogens (tertiary/aromatic N) is 2. The van der Waals surface area contributed by atoms with Crippen LogP contribution in [0.5, 0.6) is 0 Å². The number of hydrogen-bond donors (Lipinski definition) is 0. The van der Waals surface area contributed by atoms with E-state index in [0.29, 0.717) is 0 Å². The van der Waals surface area contributed by atoms with Gasteiger partial charge in [-0.2, -0.15) is 0 Å². The van der Waals surface area contributed by atoms with Gasteiger partial charge in [0.05, 0.1) is 5.69 Å². The topological polar surface area (TPSA) is 25.8 Å². The Hall–Kier alpha value is -1.70. The molecule has 1 heterocycles. The molecule has 0 atom stereocenters. The number of hydrogen-bond acceptors (Lipinski definition) is 2. The Morgan fingerprint density at radius 3 is 2.52 bits per heavy atom. The van der Waals surface area contributed by atoms with Crippen molar-refractivity contribution in [3.63, 3.8) is 0 Å². The molecular weight excluding hydrogens is 256 g/mol. The van der Waals surface area contributed by atoms with Gasteiger partial charge in [0, 0.05) is 11.8 Å². The van der Waals surface area contributed by atoms with Gasteiger partial charge in [-0.25, -0.2) is 9.97 Å². The van der Waals surface area contributed by atoms with Crippen molar-refractivity contribution in [3.8, 4) is 11.3 Å². The number of aromatic nitrogens is 2. The van der Waals surface area contributed by atoms with Crippen molar-refractivity contribution in [3.05, 3.63) is 47.4 Å². The number of benzene rings is 1. The lowest BCUT2D eigenvalue weighted by Gasteiger charge is -2.26. The molecule has 1 aromatic carbocycles. The predicted molar refractivity (Wildman–Crippen MR) is 87.5 cm³/mol. The fourth-order valence-electron chi connectivity index (χ4n) is 3.23. The maximum absolute atomic E-state index is 4.49. The summed E-state index contributed by atoms with van der Waals surface area (Å²) >= 11 is 0. The Morgan fingerprint density at radius 1 is 1.14 bits per heavy atom. The molecule has 3 rings (SSSR count). The van der Waals surface area contributed by atoms with E-state index >= 15 is 0 Å². The SMILES string of the molecule is CC(C)(C)c1cc(-c2ccncn2)c2c(c1)C(C)(C)CC2. The first-order valence-corrected chi connectivity index (χ1v) is 7.73. The summed E-state index contributed by atoms with van der Waals surface area (Å²) in [5.74, 6) is 0. The second-order valence-electron chi connectivity index (χ2n) is 7.78. The second kappa shape index (κ2) is 4.66. The molecule has 0 unspecified atom stereocenters. The summed E-state index contributed by atoms with van der Waals surface area (Å²) in [6.45, 7) is 11.5. The van der Waals surface area contributed by atoms with Gasteiger partial charge in [0.2, 0.25) is 0 Å². The van der Waals surface area contributed by atoms with Gasteiger partial charge in [0.1, 0.15) is 6.33 Å². The lowest BCUT2D eigenvalue weighted by Crippen LogP contribution is -2.16. The van der Waals surface area contributed by atoms with E-state index < -0.39 is 0 Å². The summed E-state index contributed by atoms with van der Waals surface area (Å²) in [5, 5.41) is 0. The van der Waals surface area contributed by atoms with E-state index in [1.54, 1.807) is 6.33 Å². The summed E-state index contributed by atoms with van der Waals surface area (Å²) in [7, 11) is 0. The van der Waals surface area contributed by atoms with E-state index in [0.717, 1.165) is 12.1 Å². The zero-order valence-electron chi connectivity index (χ0n) is 13.7. The van der Waals surface area contributed by atoms with Crippen molar-refractivity contribution in [1.82, 2.24) is 9.97 Å². The summed E-state index contributed by atoms with van der Waals surface area (Å²) < 4.78 is 0. The molecule has 21 heavy (non-hydrogen) atoms. The van der Waals surface area contributed by atoms with Crippen LogP contribution in [-0.4, -0.2) is 9.97 Å². The Morgan fingerprint density at radius 2 is 1.90 bits per heavy atom. The maximum Gasteiger partial charge on any atom is 0.116 e. The van der Waals surface area contributed by atoms with Gasteiger partial charge in [0.25, 0.3) is 0 Å². The third-order valence-electron chi connectivity index (χ3n) is 4.70. The fraction of sp³-hybridized carbons (Fsp3) is 0.474. The smallest absolute Gasteiger partial charge is 0.116 e. The van der Waals surface area contributed by atoms with Crippen molar-refractivity contribution >= 4 is 0 Å². The highest BCUT2D eigenvalue weighted by Gasteiger charge is 2.33. The average Bonchev–Trinajstić information content (AvgIpc) is 2.74. The van der Waals surface area contributed by atoms with E-state index in [-0.39, 0.29) is 10.8 Å². The minimum atomic E-state index is 0.148. The third kappa shape index (κ3) is 2.48. The molecule has 1 aromatic heterocycles. The molecular formula is C19H24N2. The van der Waals surface area contributed by atoms with Gasteiger partial charge in [-0.15, -0.1) is 0 Å². The van der Waals surface area contributed by atoms with Gasteiger partial charge < -0.3 is 0 Å². The van der Waals surface area contributed by atoms with Crippen LogP contribution >= 0.6 is 0 Å². The monoisotopic (exact) mass is 280 g/mol. The lowest BCUT2D eigenvalue weighted by molar-refractivity contribution is 0.519. The molecule has 0 radical (unpaired) electrons. The summed E-state index contributed by atoms with van der Waals surface area (Å²) in [6.07, 6.45) is 5.84. The zero-order chi connectivity index (χ0) is 15.3. The molecule has 0 bridgehead atoms. The largest absolute Gasteiger partial charge is 0.245 e. The summed E-state index contributed by atoms with van der Waals surface area (Å²) in [5.41, 5.74) is 7.13. The quantitative estimate of drug-likeness (QED) is 0.759. The molecule has 1 aliphatic carbocycles. The fourth-order valence-corrected chi connectivity index (χ4v) is 3.23. The summed E-state index contributed by atoms with van der Waals surface area (Å²) in [4.78, 5) is 8.54. The molecule has 110 valence electrons. The maximum atomic E-state index is 4.49. The minimum Gasteiger partial charge on any atom is -0.245 e. The Bertz CT molecular complexity index is 664. The molecule has 2 heteroatoms. The summed E-state index contributed by atoms with van der Waals surface area (Å²) in [6, 6.07) is 6.78. The van der Waals surface area contributed by atoms with Crippen LogP contribution in [0.25, 0.3) is 11.3 Å². The van der Waals surface area contributed by atoms with E-state index in [1.165, 1.54) is 28.7 Å². The normalized spacial score (nSPS) is 16.8. The molecule has 2 nitrogen and oxygen atoms in total. The van der Waals surface area contributed by atoms with Crippen molar-refractivity contribution in [1.29, 1.82) is 0 Å². The van der Waals surface area contributed by atoms with Crippen LogP contribution in [0.1, 0.15) is 57.7 Å². The molecule has 0 N–H and O–H groups in total. The Balaban J connectivity index is 2.28. The van der Waals surface area contributed by atoms with Gasteiger partial charge in [-0.05, 0) is 52.5 Å². The highest BCUT2D eigenvalue weighted by molar-refractivity contribution is 5.69. The molecule has 0 saturated heterocycles. The van der Waals surface area contributed by atoms with Crippen molar-refractivity contribution < 1.29 is 0 Å². The van der Waals surface area contributed by atoms with Gasteiger partial charge >= 0.3 is 0 Å². The number of rotatable bonds is 1. The van der Waals surface area contributed by atoms with E-state index in [4.69, 9.17) is 0 Å². The van der Waals surface area contributed by atoms with E-state index in [2.05, 4.69) is 56.7 Å². The van der Waals surface area contributed by atoms with Crippen molar-refractivity contribution in [2.45, 2.75) is 58.3 Å².